The predicted molar refractivity (Wildman–Crippen MR) is 319 cm³/mol. The van der Waals surface area contributed by atoms with E-state index in [0.717, 1.165) is 38.1 Å². The average molecular weight is 1180 g/mol. The summed E-state index contributed by atoms with van der Waals surface area (Å²) in [6.45, 7) is 2.84. The van der Waals surface area contributed by atoms with Gasteiger partial charge in [0.15, 0.2) is 11.9 Å². The number of aliphatic imine (C=N–C) groups is 2. The number of carbonyl (C=O) groups excluding carboxylic acids is 9. The zero-order valence-electron chi connectivity index (χ0n) is 46.5. The van der Waals surface area contributed by atoms with E-state index in [1.807, 2.05) is 54.6 Å². The van der Waals surface area contributed by atoms with E-state index in [4.69, 9.17) is 28.7 Å². The van der Waals surface area contributed by atoms with Crippen molar-refractivity contribution in [3.8, 4) is 0 Å². The summed E-state index contributed by atoms with van der Waals surface area (Å²) in [6, 6.07) is 16.6. The molecule has 1 saturated carbocycles. The molecule has 0 radical (unpaired) electrons. The van der Waals surface area contributed by atoms with Crippen molar-refractivity contribution < 1.29 is 43.2 Å². The molecular formula is C56H76N16O9S2. The van der Waals surface area contributed by atoms with Gasteiger partial charge in [0.25, 0.3) is 0 Å². The quantitative estimate of drug-likeness (QED) is 0.0277. The molecule has 0 bridgehead atoms. The van der Waals surface area contributed by atoms with Gasteiger partial charge in [-0.25, -0.2) is 0 Å². The minimum atomic E-state index is -1.63. The highest BCUT2D eigenvalue weighted by Gasteiger charge is 2.46. The Labute approximate surface area is 489 Å². The van der Waals surface area contributed by atoms with Crippen LogP contribution in [0.15, 0.2) is 101 Å². The molecule has 3 aromatic carbocycles. The lowest BCUT2D eigenvalue weighted by Crippen LogP contribution is -2.66. The van der Waals surface area contributed by atoms with E-state index in [1.54, 1.807) is 36.5 Å². The lowest BCUT2D eigenvalue weighted by Gasteiger charge is -2.41. The van der Waals surface area contributed by atoms with Crippen LogP contribution in [0.5, 0.6) is 0 Å². The van der Waals surface area contributed by atoms with Crippen LogP contribution in [0.25, 0.3) is 10.9 Å². The summed E-state index contributed by atoms with van der Waals surface area (Å²) in [5.41, 5.74) is 29.6. The molecule has 6 rings (SSSR count). The van der Waals surface area contributed by atoms with Gasteiger partial charge in [0.1, 0.15) is 47.8 Å². The smallest absolute Gasteiger partial charge is 0.246 e. The highest BCUT2D eigenvalue weighted by atomic mass is 33.1. The molecule has 4 aromatic rings. The highest BCUT2D eigenvalue weighted by molar-refractivity contribution is 8.76. The maximum atomic E-state index is 15.2. The van der Waals surface area contributed by atoms with E-state index in [-0.39, 0.29) is 93.8 Å². The summed E-state index contributed by atoms with van der Waals surface area (Å²) in [4.78, 5) is 139. The lowest BCUT2D eigenvalue weighted by molar-refractivity contribution is -0.139. The van der Waals surface area contributed by atoms with Crippen LogP contribution in [0.3, 0.4) is 0 Å². The van der Waals surface area contributed by atoms with Crippen LogP contribution in [0, 0.1) is 0 Å². The van der Waals surface area contributed by atoms with Crippen LogP contribution >= 0.6 is 21.6 Å². The molecule has 2 aliphatic rings. The Balaban J connectivity index is 1.40. The highest BCUT2D eigenvalue weighted by Crippen LogP contribution is 2.38. The first-order valence-corrected chi connectivity index (χ1v) is 29.9. The molecular weight excluding hydrogens is 1100 g/mol. The Hall–Kier alpha value is -8.33. The van der Waals surface area contributed by atoms with Crippen molar-refractivity contribution >= 4 is 97.6 Å². The number of amides is 9. The third kappa shape index (κ3) is 19.4. The Morgan fingerprint density at radius 1 is 0.675 bits per heavy atom. The van der Waals surface area contributed by atoms with E-state index < -0.39 is 101 Å². The van der Waals surface area contributed by atoms with Crippen LogP contribution in [0.4, 0.5) is 0 Å². The molecule has 446 valence electrons. The number of nitrogens with one attached hydrogen (secondary N) is 9. The predicted octanol–water partition coefficient (Wildman–Crippen LogP) is -0.413. The maximum absolute atomic E-state index is 15.2. The van der Waals surface area contributed by atoms with Gasteiger partial charge in [0, 0.05) is 61.5 Å². The van der Waals surface area contributed by atoms with Crippen molar-refractivity contribution in [2.75, 3.05) is 24.6 Å². The number of carbonyl (C=O) groups is 9. The van der Waals surface area contributed by atoms with Gasteiger partial charge in [-0.05, 0) is 87.0 Å². The third-order valence-corrected chi connectivity index (χ3v) is 16.8. The van der Waals surface area contributed by atoms with Crippen LogP contribution < -0.4 is 71.2 Å². The minimum Gasteiger partial charge on any atom is -0.370 e. The van der Waals surface area contributed by atoms with Crippen LogP contribution in [0.2, 0.25) is 0 Å². The van der Waals surface area contributed by atoms with Gasteiger partial charge in [-0.1, -0.05) is 100 Å². The van der Waals surface area contributed by atoms with Crippen molar-refractivity contribution in [3.05, 3.63) is 108 Å². The Morgan fingerprint density at radius 3 is 1.93 bits per heavy atom. The summed E-state index contributed by atoms with van der Waals surface area (Å²) in [5.74, 6) is -7.53. The molecule has 19 N–H and O–H groups in total. The van der Waals surface area contributed by atoms with Crippen LogP contribution in [-0.2, 0) is 56.0 Å². The number of para-hydroxylation sites is 1. The Morgan fingerprint density at radius 2 is 1.27 bits per heavy atom. The fourth-order valence-corrected chi connectivity index (χ4v) is 12.2. The van der Waals surface area contributed by atoms with E-state index >= 15 is 4.79 Å². The number of fused-ring (bicyclic) bond motifs is 1. The van der Waals surface area contributed by atoms with Gasteiger partial charge in [-0.3, -0.25) is 53.1 Å². The normalized spacial score (nSPS) is 23.8. The zero-order chi connectivity index (χ0) is 60.1. The van der Waals surface area contributed by atoms with Crippen molar-refractivity contribution in [1.29, 1.82) is 0 Å². The number of primary amides is 1. The number of nitrogens with two attached hydrogens (primary N) is 5. The maximum Gasteiger partial charge on any atom is 0.246 e. The number of benzene rings is 3. The molecule has 2 fully saturated rings. The second-order valence-electron chi connectivity index (χ2n) is 20.6. The first kappa shape index (κ1) is 63.8. The molecule has 7 atom stereocenters. The lowest BCUT2D eigenvalue weighted by atomic mass is 9.73. The van der Waals surface area contributed by atoms with E-state index in [0.29, 0.717) is 24.0 Å². The number of rotatable bonds is 17. The topological polar surface area (TPSA) is 420 Å². The summed E-state index contributed by atoms with van der Waals surface area (Å²) < 4.78 is 0. The number of nitrogens with zero attached hydrogens (tertiary/aromatic N) is 2. The Kier molecular flexibility index (Phi) is 24.0. The average Bonchev–Trinajstić information content (AvgIpc) is 4.07. The molecule has 0 unspecified atom stereocenters. The molecule has 2 heterocycles. The number of H-pyrrole nitrogens is 1. The van der Waals surface area contributed by atoms with Crippen molar-refractivity contribution in [3.63, 3.8) is 0 Å². The molecule has 1 saturated heterocycles. The summed E-state index contributed by atoms with van der Waals surface area (Å²) in [6.07, 6.45) is 3.13. The SMILES string of the molecule is CC(=O)N[C@@H](CCCN=C(N)N)C(=O)N[C@H]1CSSC[C@@H](C(N)=O)NC(=O)[C@H](Cc2c[nH]c3ccccc23)NC(=O)[C@H](CCCN=C(N)N)NC(=O)[C@@H](Cc2ccccc2)NC(=O)C2(CCC(c3ccccc3)CC2)NC(=O)[C@@H](C)NC1=O. The van der Waals surface area contributed by atoms with E-state index in [1.165, 1.54) is 13.8 Å². The van der Waals surface area contributed by atoms with E-state index in [2.05, 4.69) is 57.5 Å². The van der Waals surface area contributed by atoms with Crippen LogP contribution in [-0.4, -0.2) is 142 Å². The number of hydrogen-bond acceptors (Lipinski definition) is 13. The molecule has 1 aromatic heterocycles. The zero-order valence-corrected chi connectivity index (χ0v) is 48.1. The van der Waals surface area contributed by atoms with Gasteiger partial charge < -0.3 is 76.2 Å². The summed E-state index contributed by atoms with van der Waals surface area (Å²) in [7, 11) is 2.06. The van der Waals surface area contributed by atoms with Gasteiger partial charge in [0.2, 0.25) is 53.2 Å². The summed E-state index contributed by atoms with van der Waals surface area (Å²) in [5, 5.41) is 23.0. The second-order valence-corrected chi connectivity index (χ2v) is 23.2. The fourth-order valence-electron chi connectivity index (χ4n) is 9.88. The first-order valence-electron chi connectivity index (χ1n) is 27.4. The van der Waals surface area contributed by atoms with Crippen LogP contribution in [0.1, 0.15) is 87.8 Å². The summed E-state index contributed by atoms with van der Waals surface area (Å²) >= 11 is 0. The monoisotopic (exact) mass is 1180 g/mol. The minimum absolute atomic E-state index is 0.0107. The fraction of sp³-hybridized carbons (Fsp3) is 0.446. The number of hydrogen-bond donors (Lipinski definition) is 14. The molecule has 83 heavy (non-hydrogen) atoms. The standard InChI is InChI=1S/C56H76N16O9S2/c1-32-47(75)72-56(23-21-36(22-24-56)35-15-7-4-8-16-35)53(81)71-42(27-34-13-5-3-6-14-34)50(78)67-41(20-12-26-63-55(60)61)49(77)68-43(28-37-29-64-39-18-10-9-17-38(37)39)51(79)69-44(46(57)74)30-82-83-31-45(52(80)65-32)70-48(76)40(66-33(2)73)19-11-25-62-54(58)59/h3-10,13-18,29,32,36,40-45,64H,11-12,19-28,30-31H2,1-2H3,(H2,57,74)(H,65,80)(H,66,73)(H,67,78)(H,68,77)(H,69,79)(H,70,76)(H,71,81)(H,72,75)(H4,58,59,62)(H4,60,61,63)/t32-,36?,40+,41+,42-,43+,44+,45+,56?/m1/s1. The van der Waals surface area contributed by atoms with E-state index in [9.17, 15) is 38.4 Å². The Bertz CT molecular complexity index is 2970. The second kappa shape index (κ2) is 31.2. The number of aromatic amines is 1. The third-order valence-electron chi connectivity index (χ3n) is 14.4. The van der Waals surface area contributed by atoms with Gasteiger partial charge in [0.05, 0.1) is 0 Å². The molecule has 25 nitrogen and oxygen atoms in total. The van der Waals surface area contributed by atoms with Gasteiger partial charge >= 0.3 is 0 Å². The van der Waals surface area contributed by atoms with Crippen molar-refractivity contribution in [1.82, 2.24) is 47.5 Å². The molecule has 1 aliphatic carbocycles. The number of aromatic nitrogens is 1. The molecule has 9 amide bonds. The van der Waals surface area contributed by atoms with Gasteiger partial charge in [-0.2, -0.15) is 0 Å². The molecule has 27 heteroatoms. The van der Waals surface area contributed by atoms with Crippen molar-refractivity contribution in [2.45, 2.75) is 132 Å². The number of guanidine groups is 2. The molecule has 1 spiro atoms. The molecule has 1 aliphatic heterocycles. The largest absolute Gasteiger partial charge is 0.370 e. The van der Waals surface area contributed by atoms with Gasteiger partial charge in [-0.15, -0.1) is 0 Å². The van der Waals surface area contributed by atoms with Crippen molar-refractivity contribution in [2.24, 2.45) is 38.7 Å². The first-order chi connectivity index (χ1) is 39.7.